The number of nitrogens with one attached hydrogen (secondary N) is 1. The number of unbranched alkanes of at least 4 members (excludes halogenated alkanes) is 2. The Labute approximate surface area is 140 Å². The number of halogens is 4. The van der Waals surface area contributed by atoms with Crippen LogP contribution in [0.25, 0.3) is 0 Å². The van der Waals surface area contributed by atoms with Gasteiger partial charge in [0.1, 0.15) is 5.82 Å². The lowest BCUT2D eigenvalue weighted by atomic mass is 9.93. The van der Waals surface area contributed by atoms with Crippen LogP contribution in [0.2, 0.25) is 0 Å². The van der Waals surface area contributed by atoms with Crippen molar-refractivity contribution < 1.29 is 17.6 Å². The standard InChI is InChI=1S/C18H24F4N2/c1-2-3-4-5-6-17(24-11-9-23-10-12-24)15-13-14(19)7-8-16(15)18(20,21)22/h2,7-8,13,17,23H,1,3-6,9-12H2/t17-/m1/s1. The number of nitrogens with zero attached hydrogens (tertiary/aromatic N) is 1. The summed E-state index contributed by atoms with van der Waals surface area (Å²) in [6.07, 6.45) is 0.417. The molecule has 0 bridgehead atoms. The minimum absolute atomic E-state index is 0.0583. The average Bonchev–Trinajstić information content (AvgIpc) is 2.54. The second-order valence-corrected chi connectivity index (χ2v) is 6.10. The lowest BCUT2D eigenvalue weighted by Crippen LogP contribution is -2.45. The first-order valence-electron chi connectivity index (χ1n) is 8.36. The molecule has 2 nitrogen and oxygen atoms in total. The monoisotopic (exact) mass is 344 g/mol. The van der Waals surface area contributed by atoms with Gasteiger partial charge in [-0.25, -0.2) is 4.39 Å². The van der Waals surface area contributed by atoms with Gasteiger partial charge in [0, 0.05) is 32.2 Å². The second kappa shape index (κ2) is 8.62. The molecule has 1 aromatic rings. The molecule has 1 aromatic carbocycles. The smallest absolute Gasteiger partial charge is 0.314 e. The van der Waals surface area contributed by atoms with Crippen LogP contribution in [-0.4, -0.2) is 31.1 Å². The van der Waals surface area contributed by atoms with Crippen LogP contribution < -0.4 is 5.32 Å². The van der Waals surface area contributed by atoms with Gasteiger partial charge in [0.25, 0.3) is 0 Å². The molecule has 0 spiro atoms. The van der Waals surface area contributed by atoms with E-state index in [9.17, 15) is 17.6 Å². The number of hydrogen-bond acceptors (Lipinski definition) is 2. The van der Waals surface area contributed by atoms with E-state index >= 15 is 0 Å². The van der Waals surface area contributed by atoms with Crippen LogP contribution in [-0.2, 0) is 6.18 Å². The summed E-state index contributed by atoms with van der Waals surface area (Å²) in [5.74, 6) is -0.621. The summed E-state index contributed by atoms with van der Waals surface area (Å²) in [6, 6.07) is 2.40. The Kier molecular flexibility index (Phi) is 6.80. The van der Waals surface area contributed by atoms with Gasteiger partial charge in [-0.05, 0) is 43.0 Å². The number of allylic oxidation sites excluding steroid dienone is 1. The molecule has 0 unspecified atom stereocenters. The molecule has 1 N–H and O–H groups in total. The quantitative estimate of drug-likeness (QED) is 0.444. The van der Waals surface area contributed by atoms with Crippen molar-refractivity contribution in [1.29, 1.82) is 0 Å². The summed E-state index contributed by atoms with van der Waals surface area (Å²) in [7, 11) is 0. The summed E-state index contributed by atoms with van der Waals surface area (Å²) in [5.41, 5.74) is -0.667. The predicted octanol–water partition coefficient (Wildman–Crippen LogP) is 4.54. The zero-order valence-electron chi connectivity index (χ0n) is 13.7. The lowest BCUT2D eigenvalue weighted by molar-refractivity contribution is -0.138. The molecule has 1 saturated heterocycles. The summed E-state index contributed by atoms with van der Waals surface area (Å²) >= 11 is 0. The third-order valence-electron chi connectivity index (χ3n) is 4.41. The van der Waals surface area contributed by atoms with Gasteiger partial charge in [-0.3, -0.25) is 4.90 Å². The number of rotatable bonds is 7. The van der Waals surface area contributed by atoms with Gasteiger partial charge in [-0.2, -0.15) is 13.2 Å². The summed E-state index contributed by atoms with van der Waals surface area (Å²) < 4.78 is 53.8. The molecule has 1 aliphatic rings. The fourth-order valence-corrected chi connectivity index (χ4v) is 3.22. The predicted molar refractivity (Wildman–Crippen MR) is 87.3 cm³/mol. The first-order chi connectivity index (χ1) is 11.4. The number of hydrogen-bond donors (Lipinski definition) is 1. The van der Waals surface area contributed by atoms with Crippen LogP contribution in [0.1, 0.15) is 42.9 Å². The van der Waals surface area contributed by atoms with Crippen molar-refractivity contribution in [2.75, 3.05) is 26.2 Å². The maximum Gasteiger partial charge on any atom is 0.416 e. The lowest BCUT2D eigenvalue weighted by Gasteiger charge is -2.36. The zero-order valence-corrected chi connectivity index (χ0v) is 13.7. The summed E-state index contributed by atoms with van der Waals surface area (Å²) in [4.78, 5) is 2.04. The molecule has 1 heterocycles. The molecular weight excluding hydrogens is 320 g/mol. The Balaban J connectivity index is 2.30. The van der Waals surface area contributed by atoms with Crippen molar-refractivity contribution in [3.8, 4) is 0 Å². The van der Waals surface area contributed by atoms with Crippen molar-refractivity contribution in [2.45, 2.75) is 37.9 Å². The van der Waals surface area contributed by atoms with Gasteiger partial charge in [0.05, 0.1) is 5.56 Å². The third-order valence-corrected chi connectivity index (χ3v) is 4.41. The van der Waals surface area contributed by atoms with Gasteiger partial charge in [0.15, 0.2) is 0 Å². The normalized spacial score (nSPS) is 17.7. The SMILES string of the molecule is C=CCCCC[C@H](c1cc(F)ccc1C(F)(F)F)N1CCNCC1. The van der Waals surface area contributed by atoms with Crippen molar-refractivity contribution in [2.24, 2.45) is 0 Å². The fourth-order valence-electron chi connectivity index (χ4n) is 3.22. The van der Waals surface area contributed by atoms with Crippen LogP contribution in [0.15, 0.2) is 30.9 Å². The van der Waals surface area contributed by atoms with Crippen LogP contribution in [0.3, 0.4) is 0 Å². The molecule has 24 heavy (non-hydrogen) atoms. The Bertz CT molecular complexity index is 536. The molecule has 1 fully saturated rings. The van der Waals surface area contributed by atoms with E-state index < -0.39 is 23.6 Å². The highest BCUT2D eigenvalue weighted by molar-refractivity contribution is 5.33. The highest BCUT2D eigenvalue weighted by atomic mass is 19.4. The Morgan fingerprint density at radius 1 is 1.21 bits per heavy atom. The molecule has 2 rings (SSSR count). The van der Waals surface area contributed by atoms with E-state index in [0.717, 1.165) is 50.6 Å². The largest absolute Gasteiger partial charge is 0.416 e. The summed E-state index contributed by atoms with van der Waals surface area (Å²) in [6.45, 7) is 6.47. The molecule has 1 atom stereocenters. The molecule has 0 aliphatic carbocycles. The van der Waals surface area contributed by atoms with E-state index in [1.165, 1.54) is 0 Å². The Hall–Kier alpha value is -1.40. The van der Waals surface area contributed by atoms with Crippen molar-refractivity contribution >= 4 is 0 Å². The fraction of sp³-hybridized carbons (Fsp3) is 0.556. The molecule has 134 valence electrons. The van der Waals surface area contributed by atoms with E-state index in [0.29, 0.717) is 19.5 Å². The van der Waals surface area contributed by atoms with Crippen molar-refractivity contribution in [3.63, 3.8) is 0 Å². The van der Waals surface area contributed by atoms with Gasteiger partial charge in [0.2, 0.25) is 0 Å². The Morgan fingerprint density at radius 3 is 2.54 bits per heavy atom. The van der Waals surface area contributed by atoms with E-state index in [1.54, 1.807) is 0 Å². The summed E-state index contributed by atoms with van der Waals surface area (Å²) in [5, 5.41) is 3.20. The molecule has 1 aliphatic heterocycles. The maximum atomic E-state index is 13.7. The van der Waals surface area contributed by atoms with Gasteiger partial charge >= 0.3 is 6.18 Å². The molecular formula is C18H24F4N2. The molecule has 0 amide bonds. The molecule has 0 aromatic heterocycles. The highest BCUT2D eigenvalue weighted by Crippen LogP contribution is 2.38. The third kappa shape index (κ3) is 5.05. The molecule has 0 radical (unpaired) electrons. The van der Waals surface area contributed by atoms with Crippen LogP contribution >= 0.6 is 0 Å². The van der Waals surface area contributed by atoms with Gasteiger partial charge < -0.3 is 5.32 Å². The molecule has 6 heteroatoms. The van der Waals surface area contributed by atoms with E-state index in [2.05, 4.69) is 11.9 Å². The highest BCUT2D eigenvalue weighted by Gasteiger charge is 2.36. The topological polar surface area (TPSA) is 15.3 Å². The zero-order chi connectivity index (χ0) is 17.6. The first kappa shape index (κ1) is 18.9. The van der Waals surface area contributed by atoms with Crippen LogP contribution in [0, 0.1) is 5.82 Å². The maximum absolute atomic E-state index is 13.7. The second-order valence-electron chi connectivity index (χ2n) is 6.10. The van der Waals surface area contributed by atoms with E-state index in [-0.39, 0.29) is 5.56 Å². The Morgan fingerprint density at radius 2 is 1.92 bits per heavy atom. The van der Waals surface area contributed by atoms with E-state index in [4.69, 9.17) is 0 Å². The van der Waals surface area contributed by atoms with Crippen molar-refractivity contribution in [3.05, 3.63) is 47.8 Å². The van der Waals surface area contributed by atoms with E-state index in [1.807, 2.05) is 11.0 Å². The number of piperazine rings is 1. The molecule has 0 saturated carbocycles. The number of benzene rings is 1. The van der Waals surface area contributed by atoms with Crippen molar-refractivity contribution in [1.82, 2.24) is 10.2 Å². The average molecular weight is 344 g/mol. The first-order valence-corrected chi connectivity index (χ1v) is 8.36. The van der Waals surface area contributed by atoms with Gasteiger partial charge in [-0.15, -0.1) is 6.58 Å². The van der Waals surface area contributed by atoms with Crippen LogP contribution in [0.5, 0.6) is 0 Å². The van der Waals surface area contributed by atoms with Crippen LogP contribution in [0.4, 0.5) is 17.6 Å². The van der Waals surface area contributed by atoms with Gasteiger partial charge in [-0.1, -0.05) is 12.5 Å². The minimum atomic E-state index is -4.48. The number of alkyl halides is 3. The minimum Gasteiger partial charge on any atom is -0.314 e.